The zero-order valence-electron chi connectivity index (χ0n) is 11.1. The van der Waals surface area contributed by atoms with Crippen molar-refractivity contribution in [2.75, 3.05) is 10.5 Å². The van der Waals surface area contributed by atoms with Crippen LogP contribution in [0.3, 0.4) is 0 Å². The second-order valence-electron chi connectivity index (χ2n) is 4.56. The highest BCUT2D eigenvalue weighted by atomic mass is 35.5. The van der Waals surface area contributed by atoms with Crippen LogP contribution in [0, 0.1) is 13.8 Å². The highest BCUT2D eigenvalue weighted by molar-refractivity contribution is 7.92. The van der Waals surface area contributed by atoms with Gasteiger partial charge in [-0.1, -0.05) is 29.8 Å². The molecule has 0 saturated heterocycles. The topological polar surface area (TPSA) is 72.2 Å². The molecule has 2 aromatic rings. The number of para-hydroxylation sites is 1. The Bertz CT molecular complexity index is 738. The van der Waals surface area contributed by atoms with Crippen LogP contribution >= 0.6 is 11.6 Å². The van der Waals surface area contributed by atoms with Gasteiger partial charge in [0.05, 0.1) is 21.3 Å². The summed E-state index contributed by atoms with van der Waals surface area (Å²) in [6.07, 6.45) is 0. The van der Waals surface area contributed by atoms with E-state index < -0.39 is 10.0 Å². The van der Waals surface area contributed by atoms with Gasteiger partial charge in [-0.3, -0.25) is 4.72 Å². The van der Waals surface area contributed by atoms with Crippen LogP contribution in [0.1, 0.15) is 11.1 Å². The largest absolute Gasteiger partial charge is 0.397 e. The maximum atomic E-state index is 12.4. The van der Waals surface area contributed by atoms with Gasteiger partial charge in [0, 0.05) is 0 Å². The van der Waals surface area contributed by atoms with E-state index in [0.717, 1.165) is 11.1 Å². The molecule has 0 fully saturated rings. The summed E-state index contributed by atoms with van der Waals surface area (Å²) in [7, 11) is -3.69. The van der Waals surface area contributed by atoms with Crippen molar-refractivity contribution in [2.24, 2.45) is 0 Å². The lowest BCUT2D eigenvalue weighted by Gasteiger charge is -2.13. The van der Waals surface area contributed by atoms with Crippen molar-refractivity contribution >= 4 is 33.0 Å². The first-order valence-electron chi connectivity index (χ1n) is 5.95. The SMILES string of the molecule is Cc1cccc(C)c1NS(=O)(=O)c1ccc(Cl)c(N)c1. The highest BCUT2D eigenvalue weighted by Gasteiger charge is 2.17. The molecule has 0 radical (unpaired) electrons. The number of halogens is 1. The van der Waals surface area contributed by atoms with Crippen LogP contribution in [-0.4, -0.2) is 8.42 Å². The van der Waals surface area contributed by atoms with Crippen molar-refractivity contribution < 1.29 is 8.42 Å². The summed E-state index contributed by atoms with van der Waals surface area (Å²) in [6, 6.07) is 9.81. The number of hydrogen-bond donors (Lipinski definition) is 2. The summed E-state index contributed by atoms with van der Waals surface area (Å²) in [6.45, 7) is 3.70. The molecule has 0 atom stereocenters. The van der Waals surface area contributed by atoms with E-state index >= 15 is 0 Å². The number of hydrogen-bond acceptors (Lipinski definition) is 3. The number of rotatable bonds is 3. The Morgan fingerprint density at radius 1 is 1.10 bits per heavy atom. The van der Waals surface area contributed by atoms with E-state index in [0.29, 0.717) is 10.7 Å². The Morgan fingerprint density at radius 3 is 2.25 bits per heavy atom. The molecule has 6 heteroatoms. The van der Waals surface area contributed by atoms with Gasteiger partial charge >= 0.3 is 0 Å². The van der Waals surface area contributed by atoms with E-state index in [4.69, 9.17) is 17.3 Å². The molecule has 0 amide bonds. The van der Waals surface area contributed by atoms with E-state index in [-0.39, 0.29) is 10.6 Å². The number of anilines is 2. The van der Waals surface area contributed by atoms with Gasteiger partial charge in [-0.25, -0.2) is 8.42 Å². The Morgan fingerprint density at radius 2 is 1.70 bits per heavy atom. The molecule has 0 unspecified atom stereocenters. The smallest absolute Gasteiger partial charge is 0.261 e. The van der Waals surface area contributed by atoms with Crippen molar-refractivity contribution in [3.8, 4) is 0 Å². The van der Waals surface area contributed by atoms with Gasteiger partial charge in [0.25, 0.3) is 10.0 Å². The molecule has 0 saturated carbocycles. The van der Waals surface area contributed by atoms with Crippen LogP contribution in [0.15, 0.2) is 41.3 Å². The average molecular weight is 311 g/mol. The fraction of sp³-hybridized carbons (Fsp3) is 0.143. The lowest BCUT2D eigenvalue weighted by atomic mass is 10.1. The zero-order valence-corrected chi connectivity index (χ0v) is 12.7. The fourth-order valence-corrected chi connectivity index (χ4v) is 3.21. The summed E-state index contributed by atoms with van der Waals surface area (Å²) in [5, 5.41) is 0.330. The molecule has 0 aromatic heterocycles. The minimum Gasteiger partial charge on any atom is -0.397 e. The Kier molecular flexibility index (Phi) is 3.92. The van der Waals surface area contributed by atoms with Crippen LogP contribution in [0.4, 0.5) is 11.4 Å². The molecule has 4 nitrogen and oxygen atoms in total. The quantitative estimate of drug-likeness (QED) is 0.854. The number of nitrogens with two attached hydrogens (primary N) is 1. The number of nitrogens with one attached hydrogen (secondary N) is 1. The molecule has 0 heterocycles. The van der Waals surface area contributed by atoms with Crippen LogP contribution in [0.5, 0.6) is 0 Å². The molecule has 106 valence electrons. The third-order valence-corrected chi connectivity index (χ3v) is 4.69. The van der Waals surface area contributed by atoms with Gasteiger partial charge in [-0.15, -0.1) is 0 Å². The molecule has 3 N–H and O–H groups in total. The minimum atomic E-state index is -3.69. The zero-order chi connectivity index (χ0) is 14.9. The lowest BCUT2D eigenvalue weighted by Crippen LogP contribution is -2.15. The second kappa shape index (κ2) is 5.34. The Hall–Kier alpha value is -1.72. The molecule has 2 rings (SSSR count). The van der Waals surface area contributed by atoms with E-state index in [1.807, 2.05) is 32.0 Å². The summed E-state index contributed by atoms with van der Waals surface area (Å²) in [5.74, 6) is 0. The van der Waals surface area contributed by atoms with Crippen molar-refractivity contribution in [2.45, 2.75) is 18.7 Å². The molecule has 0 bridgehead atoms. The summed E-state index contributed by atoms with van der Waals surface area (Å²) in [4.78, 5) is 0.0852. The number of nitrogen functional groups attached to an aromatic ring is 1. The molecular weight excluding hydrogens is 296 g/mol. The van der Waals surface area contributed by atoms with Gasteiger partial charge in [0.2, 0.25) is 0 Å². The number of sulfonamides is 1. The predicted molar refractivity (Wildman–Crippen MR) is 82.6 cm³/mol. The van der Waals surface area contributed by atoms with E-state index in [1.54, 1.807) is 0 Å². The van der Waals surface area contributed by atoms with Crippen molar-refractivity contribution in [3.05, 3.63) is 52.5 Å². The van der Waals surface area contributed by atoms with Gasteiger partial charge in [0.1, 0.15) is 0 Å². The number of benzene rings is 2. The van der Waals surface area contributed by atoms with Gasteiger partial charge in [0.15, 0.2) is 0 Å². The number of aryl methyl sites for hydroxylation is 2. The molecule has 2 aromatic carbocycles. The van der Waals surface area contributed by atoms with E-state index in [9.17, 15) is 8.42 Å². The molecular formula is C14H15ClN2O2S. The third kappa shape index (κ3) is 2.89. The minimum absolute atomic E-state index is 0.0852. The maximum Gasteiger partial charge on any atom is 0.261 e. The normalized spacial score (nSPS) is 11.3. The van der Waals surface area contributed by atoms with Gasteiger partial charge in [-0.2, -0.15) is 0 Å². The van der Waals surface area contributed by atoms with Crippen LogP contribution in [-0.2, 0) is 10.0 Å². The molecule has 0 aliphatic carbocycles. The maximum absolute atomic E-state index is 12.4. The van der Waals surface area contributed by atoms with Crippen molar-refractivity contribution in [1.82, 2.24) is 0 Å². The van der Waals surface area contributed by atoms with Crippen molar-refractivity contribution in [3.63, 3.8) is 0 Å². The first-order valence-corrected chi connectivity index (χ1v) is 7.81. The van der Waals surface area contributed by atoms with E-state index in [1.165, 1.54) is 18.2 Å². The first kappa shape index (κ1) is 14.7. The van der Waals surface area contributed by atoms with Crippen LogP contribution < -0.4 is 10.5 Å². The third-order valence-electron chi connectivity index (χ3n) is 3.00. The van der Waals surface area contributed by atoms with Gasteiger partial charge < -0.3 is 5.73 Å². The molecule has 20 heavy (non-hydrogen) atoms. The Labute approximate surface area is 123 Å². The molecule has 0 aliphatic heterocycles. The average Bonchev–Trinajstić information content (AvgIpc) is 2.37. The monoisotopic (exact) mass is 310 g/mol. The van der Waals surface area contributed by atoms with Gasteiger partial charge in [-0.05, 0) is 43.2 Å². The predicted octanol–water partition coefficient (Wildman–Crippen LogP) is 3.34. The van der Waals surface area contributed by atoms with Crippen LogP contribution in [0.2, 0.25) is 5.02 Å². The summed E-state index contributed by atoms with van der Waals surface area (Å²) < 4.78 is 27.3. The summed E-state index contributed by atoms with van der Waals surface area (Å²) >= 11 is 5.80. The lowest BCUT2D eigenvalue weighted by molar-refractivity contribution is 0.601. The van der Waals surface area contributed by atoms with E-state index in [2.05, 4.69) is 4.72 Å². The molecule has 0 spiro atoms. The summed E-state index contributed by atoms with van der Waals surface area (Å²) in [5.41, 5.74) is 8.18. The first-order chi connectivity index (χ1) is 9.31. The standard InChI is InChI=1S/C14H15ClN2O2S/c1-9-4-3-5-10(2)14(9)17-20(18,19)11-6-7-12(15)13(16)8-11/h3-8,17H,16H2,1-2H3. The fourth-order valence-electron chi connectivity index (χ4n) is 1.86. The second-order valence-corrected chi connectivity index (χ2v) is 6.65. The molecule has 0 aliphatic rings. The highest BCUT2D eigenvalue weighted by Crippen LogP contribution is 2.26. The van der Waals surface area contributed by atoms with Crippen LogP contribution in [0.25, 0.3) is 0 Å². The van der Waals surface area contributed by atoms with Crippen molar-refractivity contribution in [1.29, 1.82) is 0 Å². The Balaban J connectivity index is 2.43.